The van der Waals surface area contributed by atoms with Crippen LogP contribution in [0.1, 0.15) is 13.8 Å². The number of nitrogens with zero attached hydrogens (tertiary/aromatic N) is 2. The largest absolute Gasteiger partial charge is 0.286 e. The zero-order chi connectivity index (χ0) is 13.2. The Morgan fingerprint density at radius 1 is 1.39 bits per heavy atom. The standard InChI is InChI=1S/C13H17N3OS/c1-13(2)9-16(3,11-7-5-4-6-8-11)12(18-13)15-14-10-17/h4-8,10H,9H2,1-3H3/p+1. The average molecular weight is 264 g/mol. The smallest absolute Gasteiger partial charge is 0.277 e. The highest BCUT2D eigenvalue weighted by atomic mass is 32.2. The van der Waals surface area contributed by atoms with E-state index in [0.29, 0.717) is 10.9 Å². The Hall–Kier alpha value is -1.33. The molecule has 1 amide bonds. The molecule has 5 heteroatoms. The molecule has 1 aromatic carbocycles. The van der Waals surface area contributed by atoms with Crippen molar-refractivity contribution in [1.82, 2.24) is 9.91 Å². The molecular weight excluding hydrogens is 246 g/mol. The van der Waals surface area contributed by atoms with Gasteiger partial charge in [-0.2, -0.15) is 0 Å². The van der Waals surface area contributed by atoms with Gasteiger partial charge in [0.25, 0.3) is 5.17 Å². The number of nitrogens with one attached hydrogen (secondary N) is 1. The first-order valence-electron chi connectivity index (χ1n) is 5.85. The Bertz CT molecular complexity index is 472. The number of amides is 1. The van der Waals surface area contributed by atoms with Crippen molar-refractivity contribution in [3.63, 3.8) is 0 Å². The zero-order valence-electron chi connectivity index (χ0n) is 10.9. The SMILES string of the molecule is CC1(C)C[N+](C)(c2ccccc2)C(=NNC=O)S1. The van der Waals surface area contributed by atoms with Crippen LogP contribution in [0.5, 0.6) is 0 Å². The van der Waals surface area contributed by atoms with Crippen molar-refractivity contribution in [3.8, 4) is 0 Å². The third kappa shape index (κ3) is 2.42. The van der Waals surface area contributed by atoms with E-state index in [0.717, 1.165) is 11.7 Å². The summed E-state index contributed by atoms with van der Waals surface area (Å²) in [5, 5.41) is 5.12. The van der Waals surface area contributed by atoms with Gasteiger partial charge in [0, 0.05) is 0 Å². The molecule has 18 heavy (non-hydrogen) atoms. The van der Waals surface area contributed by atoms with Gasteiger partial charge in [0.1, 0.15) is 12.2 Å². The second-order valence-corrected chi connectivity index (χ2v) is 6.86. The van der Waals surface area contributed by atoms with Gasteiger partial charge in [-0.05, 0) is 37.7 Å². The lowest BCUT2D eigenvalue weighted by molar-refractivity contribution is -0.109. The number of amidine groups is 1. The van der Waals surface area contributed by atoms with Crippen LogP contribution >= 0.6 is 11.8 Å². The number of benzene rings is 1. The molecule has 1 heterocycles. The van der Waals surface area contributed by atoms with Gasteiger partial charge in [0.15, 0.2) is 0 Å². The second-order valence-electron chi connectivity index (χ2n) is 5.19. The number of thioether (sulfide) groups is 1. The van der Waals surface area contributed by atoms with Gasteiger partial charge in [-0.15, -0.1) is 5.10 Å². The van der Waals surface area contributed by atoms with Crippen LogP contribution in [0.2, 0.25) is 0 Å². The van der Waals surface area contributed by atoms with Crippen LogP contribution in [0, 0.1) is 0 Å². The molecule has 0 spiro atoms. The van der Waals surface area contributed by atoms with E-state index in [1.54, 1.807) is 11.8 Å². The summed E-state index contributed by atoms with van der Waals surface area (Å²) >= 11 is 1.71. The fraction of sp³-hybridized carbons (Fsp3) is 0.385. The highest BCUT2D eigenvalue weighted by Crippen LogP contribution is 2.42. The molecule has 1 saturated heterocycles. The van der Waals surface area contributed by atoms with Crippen molar-refractivity contribution in [2.75, 3.05) is 13.6 Å². The van der Waals surface area contributed by atoms with Crippen molar-refractivity contribution in [2.45, 2.75) is 18.6 Å². The lowest BCUT2D eigenvalue weighted by Crippen LogP contribution is -2.48. The number of hydrazone groups is 1. The molecule has 1 N–H and O–H groups in total. The van der Waals surface area contributed by atoms with Crippen LogP contribution in [-0.4, -0.2) is 29.9 Å². The van der Waals surface area contributed by atoms with Crippen LogP contribution in [0.3, 0.4) is 0 Å². The Balaban J connectivity index is 2.42. The third-order valence-corrected chi connectivity index (χ3v) is 4.38. The lowest BCUT2D eigenvalue weighted by atomic mass is 10.1. The number of hydrogen-bond donors (Lipinski definition) is 1. The fourth-order valence-corrected chi connectivity index (χ4v) is 3.67. The topological polar surface area (TPSA) is 41.5 Å². The predicted octanol–water partition coefficient (Wildman–Crippen LogP) is 2.17. The highest BCUT2D eigenvalue weighted by Gasteiger charge is 2.49. The van der Waals surface area contributed by atoms with Crippen LogP contribution in [0.15, 0.2) is 35.4 Å². The van der Waals surface area contributed by atoms with E-state index in [2.05, 4.69) is 43.6 Å². The minimum Gasteiger partial charge on any atom is -0.277 e. The number of hydrogen-bond acceptors (Lipinski definition) is 3. The van der Waals surface area contributed by atoms with Crippen molar-refractivity contribution in [2.24, 2.45) is 5.10 Å². The van der Waals surface area contributed by atoms with Gasteiger partial charge >= 0.3 is 0 Å². The molecule has 1 atom stereocenters. The third-order valence-electron chi connectivity index (χ3n) is 3.03. The normalized spacial score (nSPS) is 28.3. The summed E-state index contributed by atoms with van der Waals surface area (Å²) < 4.78 is 0.729. The number of rotatable bonds is 3. The van der Waals surface area contributed by atoms with E-state index in [1.165, 1.54) is 5.69 Å². The maximum atomic E-state index is 10.4. The molecule has 4 nitrogen and oxygen atoms in total. The van der Waals surface area contributed by atoms with E-state index in [4.69, 9.17) is 0 Å². The molecule has 96 valence electrons. The van der Waals surface area contributed by atoms with Gasteiger partial charge in [-0.25, -0.2) is 9.91 Å². The molecule has 1 unspecified atom stereocenters. The molecule has 0 bridgehead atoms. The summed E-state index contributed by atoms with van der Waals surface area (Å²) in [6.45, 7) is 5.34. The Morgan fingerprint density at radius 3 is 2.67 bits per heavy atom. The number of para-hydroxylation sites is 1. The summed E-state index contributed by atoms with van der Waals surface area (Å²) in [4.78, 5) is 10.4. The maximum Gasteiger partial charge on any atom is 0.286 e. The lowest BCUT2D eigenvalue weighted by Gasteiger charge is -2.28. The first-order valence-corrected chi connectivity index (χ1v) is 6.67. The predicted molar refractivity (Wildman–Crippen MR) is 77.3 cm³/mol. The molecule has 0 aromatic heterocycles. The fourth-order valence-electron chi connectivity index (χ4n) is 2.38. The minimum atomic E-state index is 0.105. The van der Waals surface area contributed by atoms with Gasteiger partial charge in [-0.3, -0.25) is 4.79 Å². The summed E-state index contributed by atoms with van der Waals surface area (Å²) in [5.41, 5.74) is 3.61. The average Bonchev–Trinajstić information content (AvgIpc) is 2.58. The summed E-state index contributed by atoms with van der Waals surface area (Å²) in [5.74, 6) is 0. The molecule has 0 saturated carbocycles. The van der Waals surface area contributed by atoms with Crippen LogP contribution in [0.4, 0.5) is 5.69 Å². The molecular formula is C13H18N3OS+. The van der Waals surface area contributed by atoms with Crippen molar-refractivity contribution in [1.29, 1.82) is 0 Å². The van der Waals surface area contributed by atoms with Gasteiger partial charge in [0.05, 0.1) is 11.8 Å². The number of carbonyl (C=O) groups excluding carboxylic acids is 1. The quantitative estimate of drug-likeness (QED) is 0.516. The molecule has 1 fully saturated rings. The maximum absolute atomic E-state index is 10.4. The van der Waals surface area contributed by atoms with Gasteiger partial charge < -0.3 is 0 Å². The van der Waals surface area contributed by atoms with E-state index in [-0.39, 0.29) is 4.75 Å². The second kappa shape index (κ2) is 4.74. The summed E-state index contributed by atoms with van der Waals surface area (Å²) in [6, 6.07) is 10.3. The molecule has 2 rings (SSSR count). The van der Waals surface area contributed by atoms with Crippen LogP contribution < -0.4 is 9.91 Å². The van der Waals surface area contributed by atoms with Gasteiger partial charge in [-0.1, -0.05) is 18.2 Å². The van der Waals surface area contributed by atoms with Crippen molar-refractivity contribution < 1.29 is 4.79 Å². The Kier molecular flexibility index (Phi) is 3.45. The first-order chi connectivity index (χ1) is 8.48. The molecule has 1 aliphatic rings. The summed E-state index contributed by atoms with van der Waals surface area (Å²) in [6.07, 6.45) is 0.605. The van der Waals surface area contributed by atoms with Crippen LogP contribution in [-0.2, 0) is 4.79 Å². The number of quaternary nitrogens is 1. The number of carbonyl (C=O) groups is 1. The zero-order valence-corrected chi connectivity index (χ0v) is 11.7. The highest BCUT2D eigenvalue weighted by molar-refractivity contribution is 8.15. The van der Waals surface area contributed by atoms with Crippen LogP contribution in [0.25, 0.3) is 0 Å². The molecule has 0 aliphatic carbocycles. The Labute approximate surface area is 112 Å². The van der Waals surface area contributed by atoms with E-state index in [9.17, 15) is 4.79 Å². The first kappa shape index (κ1) is 13.1. The van der Waals surface area contributed by atoms with E-state index < -0.39 is 0 Å². The van der Waals surface area contributed by atoms with Crippen molar-refractivity contribution >= 4 is 29.0 Å². The van der Waals surface area contributed by atoms with E-state index in [1.807, 2.05) is 18.2 Å². The molecule has 1 aliphatic heterocycles. The molecule has 1 aromatic rings. The van der Waals surface area contributed by atoms with Gasteiger partial charge in [0.2, 0.25) is 6.41 Å². The monoisotopic (exact) mass is 264 g/mol. The van der Waals surface area contributed by atoms with Crippen molar-refractivity contribution in [3.05, 3.63) is 30.3 Å². The molecule has 0 radical (unpaired) electrons. The minimum absolute atomic E-state index is 0.105. The summed E-state index contributed by atoms with van der Waals surface area (Å²) in [7, 11) is 2.13. The Morgan fingerprint density at radius 2 is 2.06 bits per heavy atom. The van der Waals surface area contributed by atoms with E-state index >= 15 is 0 Å².